The minimum Gasteiger partial charge on any atom is -0.309 e. The van der Waals surface area contributed by atoms with E-state index in [2.05, 4.69) is 59.4 Å². The van der Waals surface area contributed by atoms with Gasteiger partial charge in [-0.1, -0.05) is 12.1 Å². The van der Waals surface area contributed by atoms with E-state index in [4.69, 9.17) is 0 Å². The third kappa shape index (κ3) is 4.68. The van der Waals surface area contributed by atoms with Crippen LogP contribution >= 0.6 is 0 Å². The Kier molecular flexibility index (Phi) is 6.15. The first kappa shape index (κ1) is 16.7. The molecule has 0 unspecified atom stereocenters. The lowest BCUT2D eigenvalue weighted by Crippen LogP contribution is -2.39. The molecular weight excluding hydrogens is 276 g/mol. The molecule has 0 spiro atoms. The summed E-state index contributed by atoms with van der Waals surface area (Å²) in [7, 11) is 8.45. The maximum Gasteiger partial charge on any atom is 0.115 e. The Morgan fingerprint density at radius 3 is 2.05 bits per heavy atom. The van der Waals surface area contributed by atoms with Crippen LogP contribution in [0.4, 0.5) is 0 Å². The van der Waals surface area contributed by atoms with Gasteiger partial charge < -0.3 is 9.80 Å². The number of para-hydroxylation sites is 1. The Labute approximate surface area is 133 Å². The van der Waals surface area contributed by atoms with E-state index in [0.717, 1.165) is 50.1 Å². The van der Waals surface area contributed by atoms with Gasteiger partial charge in [0.2, 0.25) is 0 Å². The summed E-state index contributed by atoms with van der Waals surface area (Å²) >= 11 is 0. The van der Waals surface area contributed by atoms with E-state index in [-0.39, 0.29) is 0 Å². The first-order valence-corrected chi connectivity index (χ1v) is 7.93. The summed E-state index contributed by atoms with van der Waals surface area (Å²) in [4.78, 5) is 6.41. The Hall–Kier alpha value is -1.66. The highest BCUT2D eigenvalue weighted by molar-refractivity contribution is 5.74. The second kappa shape index (κ2) is 8.10. The molecule has 0 aliphatic rings. The zero-order valence-electron chi connectivity index (χ0n) is 14.2. The maximum absolute atomic E-state index is 4.36. The SMILES string of the molecule is CN(C)CCCN(CCCN(C)C)n1nnc2ccccc21. The standard InChI is InChI=1S/C16H28N6/c1-19(2)11-7-13-21(14-8-12-20(3)4)22-16-10-6-5-9-15(16)17-18-22/h5-6,9-10H,7-8,11-14H2,1-4H3. The van der Waals surface area contributed by atoms with E-state index in [0.29, 0.717) is 0 Å². The fourth-order valence-corrected chi connectivity index (χ4v) is 2.51. The molecule has 0 amide bonds. The summed E-state index contributed by atoms with van der Waals surface area (Å²) in [5.41, 5.74) is 2.03. The molecule has 22 heavy (non-hydrogen) atoms. The second-order valence-corrected chi connectivity index (χ2v) is 6.23. The van der Waals surface area contributed by atoms with Gasteiger partial charge >= 0.3 is 0 Å². The molecule has 122 valence electrons. The molecule has 0 bridgehead atoms. The molecule has 2 rings (SSSR count). The number of hydrogen-bond acceptors (Lipinski definition) is 5. The number of benzene rings is 1. The molecule has 0 aliphatic carbocycles. The van der Waals surface area contributed by atoms with Crippen LogP contribution in [0.3, 0.4) is 0 Å². The van der Waals surface area contributed by atoms with Gasteiger partial charge in [-0.2, -0.15) is 4.79 Å². The van der Waals surface area contributed by atoms with Gasteiger partial charge in [0, 0.05) is 13.1 Å². The van der Waals surface area contributed by atoms with Crippen LogP contribution in [0.15, 0.2) is 24.3 Å². The van der Waals surface area contributed by atoms with E-state index in [9.17, 15) is 0 Å². The monoisotopic (exact) mass is 304 g/mol. The first-order chi connectivity index (χ1) is 10.6. The molecule has 0 saturated carbocycles. The molecule has 1 aromatic carbocycles. The molecule has 0 atom stereocenters. The molecule has 0 saturated heterocycles. The molecule has 0 aliphatic heterocycles. The molecule has 1 heterocycles. The van der Waals surface area contributed by atoms with Gasteiger partial charge in [0.25, 0.3) is 0 Å². The van der Waals surface area contributed by atoms with Crippen molar-refractivity contribution in [1.82, 2.24) is 24.9 Å². The van der Waals surface area contributed by atoms with Crippen LogP contribution in [-0.2, 0) is 0 Å². The molecule has 0 fully saturated rings. The van der Waals surface area contributed by atoms with E-state index in [1.165, 1.54) is 0 Å². The highest BCUT2D eigenvalue weighted by atomic mass is 15.7. The number of nitrogens with zero attached hydrogens (tertiary/aromatic N) is 6. The molecule has 0 radical (unpaired) electrons. The number of fused-ring (bicyclic) bond motifs is 1. The van der Waals surface area contributed by atoms with E-state index >= 15 is 0 Å². The van der Waals surface area contributed by atoms with Crippen LogP contribution in [0, 0.1) is 0 Å². The van der Waals surface area contributed by atoms with E-state index in [1.807, 2.05) is 23.0 Å². The zero-order valence-corrected chi connectivity index (χ0v) is 14.2. The van der Waals surface area contributed by atoms with Crippen molar-refractivity contribution in [3.05, 3.63) is 24.3 Å². The lowest BCUT2D eigenvalue weighted by Gasteiger charge is -2.26. The molecule has 1 aromatic heterocycles. The van der Waals surface area contributed by atoms with Crippen molar-refractivity contribution in [1.29, 1.82) is 0 Å². The van der Waals surface area contributed by atoms with Gasteiger partial charge in [0.05, 0.1) is 0 Å². The summed E-state index contributed by atoms with van der Waals surface area (Å²) in [5, 5.41) is 10.9. The van der Waals surface area contributed by atoms with Crippen molar-refractivity contribution in [2.75, 3.05) is 59.4 Å². The van der Waals surface area contributed by atoms with Gasteiger partial charge in [-0.05, 0) is 71.5 Å². The largest absolute Gasteiger partial charge is 0.309 e. The third-order valence-corrected chi connectivity index (χ3v) is 3.65. The lowest BCUT2D eigenvalue weighted by atomic mass is 10.3. The highest BCUT2D eigenvalue weighted by Gasteiger charge is 2.11. The fourth-order valence-electron chi connectivity index (χ4n) is 2.51. The minimum absolute atomic E-state index is 0.952. The summed E-state index contributed by atoms with van der Waals surface area (Å²) < 4.78 is 0. The predicted molar refractivity (Wildman–Crippen MR) is 91.8 cm³/mol. The Bertz CT molecular complexity index is 549. The Balaban J connectivity index is 2.08. The summed E-state index contributed by atoms with van der Waals surface area (Å²) in [6.07, 6.45) is 2.23. The average Bonchev–Trinajstić information content (AvgIpc) is 2.89. The van der Waals surface area contributed by atoms with Crippen molar-refractivity contribution in [3.63, 3.8) is 0 Å². The quantitative estimate of drug-likeness (QED) is 0.698. The van der Waals surface area contributed by atoms with Gasteiger partial charge in [0.15, 0.2) is 0 Å². The summed E-state index contributed by atoms with van der Waals surface area (Å²) in [6.45, 7) is 4.13. The first-order valence-electron chi connectivity index (χ1n) is 7.93. The molecule has 6 heteroatoms. The van der Waals surface area contributed by atoms with Gasteiger partial charge in [-0.25, -0.2) is 0 Å². The third-order valence-electron chi connectivity index (χ3n) is 3.65. The Morgan fingerprint density at radius 2 is 1.45 bits per heavy atom. The smallest absolute Gasteiger partial charge is 0.115 e. The Morgan fingerprint density at radius 1 is 0.864 bits per heavy atom. The van der Waals surface area contributed by atoms with Crippen molar-refractivity contribution in [2.24, 2.45) is 0 Å². The van der Waals surface area contributed by atoms with E-state index < -0.39 is 0 Å². The zero-order chi connectivity index (χ0) is 15.9. The van der Waals surface area contributed by atoms with Gasteiger partial charge in [0.1, 0.15) is 11.0 Å². The molecule has 0 N–H and O–H groups in total. The average molecular weight is 304 g/mol. The van der Waals surface area contributed by atoms with Crippen LogP contribution in [0.25, 0.3) is 11.0 Å². The highest BCUT2D eigenvalue weighted by Crippen LogP contribution is 2.11. The minimum atomic E-state index is 0.952. The lowest BCUT2D eigenvalue weighted by molar-refractivity contribution is 0.371. The van der Waals surface area contributed by atoms with Crippen LogP contribution in [-0.4, -0.2) is 79.3 Å². The van der Waals surface area contributed by atoms with Crippen molar-refractivity contribution >= 4 is 11.0 Å². The fraction of sp³-hybridized carbons (Fsp3) is 0.625. The second-order valence-electron chi connectivity index (χ2n) is 6.23. The maximum atomic E-state index is 4.36. The predicted octanol–water partition coefficient (Wildman–Crippen LogP) is 1.27. The van der Waals surface area contributed by atoms with Crippen LogP contribution in [0.1, 0.15) is 12.8 Å². The summed E-state index contributed by atoms with van der Waals surface area (Å²) in [6, 6.07) is 8.14. The number of aromatic nitrogens is 3. The van der Waals surface area contributed by atoms with Crippen LogP contribution < -0.4 is 5.01 Å². The van der Waals surface area contributed by atoms with Crippen molar-refractivity contribution < 1.29 is 0 Å². The molecule has 6 nitrogen and oxygen atoms in total. The topological polar surface area (TPSA) is 40.4 Å². The van der Waals surface area contributed by atoms with Gasteiger partial charge in [-0.15, -0.1) is 5.10 Å². The van der Waals surface area contributed by atoms with E-state index in [1.54, 1.807) is 0 Å². The number of rotatable bonds is 9. The molecule has 2 aromatic rings. The summed E-state index contributed by atoms with van der Waals surface area (Å²) in [5.74, 6) is 0. The van der Waals surface area contributed by atoms with Crippen LogP contribution in [0.5, 0.6) is 0 Å². The van der Waals surface area contributed by atoms with Crippen molar-refractivity contribution in [3.8, 4) is 0 Å². The normalized spacial score (nSPS) is 11.7. The number of hydrogen-bond donors (Lipinski definition) is 0. The van der Waals surface area contributed by atoms with Gasteiger partial charge in [-0.3, -0.25) is 5.01 Å². The van der Waals surface area contributed by atoms with Crippen molar-refractivity contribution in [2.45, 2.75) is 12.8 Å². The van der Waals surface area contributed by atoms with Crippen LogP contribution in [0.2, 0.25) is 0 Å². The molecular formula is C16H28N6.